The number of rotatable bonds is 6. The molecule has 1 saturated heterocycles. The van der Waals surface area contributed by atoms with Gasteiger partial charge in [-0.05, 0) is 56.1 Å². The summed E-state index contributed by atoms with van der Waals surface area (Å²) in [4.78, 5) is 14.9. The average molecular weight is 363 g/mol. The van der Waals surface area contributed by atoms with E-state index in [0.29, 0.717) is 22.9 Å². The second-order valence-corrected chi connectivity index (χ2v) is 7.10. The number of hydrogen-bond acceptors (Lipinski definition) is 4. The molecule has 0 spiro atoms. The Labute approximate surface area is 160 Å². The van der Waals surface area contributed by atoms with Crippen molar-refractivity contribution in [3.05, 3.63) is 64.7 Å². The Morgan fingerprint density at radius 3 is 2.89 bits per heavy atom. The molecule has 0 saturated carbocycles. The molecule has 1 fully saturated rings. The van der Waals surface area contributed by atoms with Crippen molar-refractivity contribution < 1.29 is 9.53 Å². The number of nitriles is 1. The van der Waals surface area contributed by atoms with Crippen LogP contribution in [0.1, 0.15) is 39.9 Å². The number of amides is 1. The van der Waals surface area contributed by atoms with Gasteiger partial charge in [-0.2, -0.15) is 5.26 Å². The monoisotopic (exact) mass is 363 g/mol. The molecule has 2 aromatic carbocycles. The molecule has 3 rings (SSSR count). The molecule has 5 nitrogen and oxygen atoms in total. The average Bonchev–Trinajstić information content (AvgIpc) is 3.15. The Hall–Kier alpha value is -2.68. The highest BCUT2D eigenvalue weighted by Crippen LogP contribution is 2.20. The summed E-state index contributed by atoms with van der Waals surface area (Å²) in [5.74, 6) is -0.208. The zero-order valence-electron chi connectivity index (χ0n) is 15.9. The van der Waals surface area contributed by atoms with E-state index in [0.717, 1.165) is 43.7 Å². The Kier molecular flexibility index (Phi) is 6.23. The molecule has 1 heterocycles. The summed E-state index contributed by atoms with van der Waals surface area (Å²) >= 11 is 0. The third-order valence-electron chi connectivity index (χ3n) is 4.81. The molecule has 140 valence electrons. The summed E-state index contributed by atoms with van der Waals surface area (Å²) in [5.41, 5.74) is 3.55. The van der Waals surface area contributed by atoms with E-state index in [4.69, 9.17) is 4.74 Å². The topological polar surface area (TPSA) is 65.4 Å². The van der Waals surface area contributed by atoms with Gasteiger partial charge >= 0.3 is 0 Å². The summed E-state index contributed by atoms with van der Waals surface area (Å²) in [6.45, 7) is 4.37. The second-order valence-electron chi connectivity index (χ2n) is 7.10. The predicted octanol–water partition coefficient (Wildman–Crippen LogP) is 3.73. The molecule has 1 atom stereocenters. The van der Waals surface area contributed by atoms with E-state index < -0.39 is 0 Å². The fourth-order valence-corrected chi connectivity index (χ4v) is 3.44. The van der Waals surface area contributed by atoms with Crippen LogP contribution in [-0.4, -0.2) is 37.1 Å². The highest BCUT2D eigenvalue weighted by molar-refractivity contribution is 6.05. The minimum absolute atomic E-state index is 0.208. The van der Waals surface area contributed by atoms with Crippen molar-refractivity contribution >= 4 is 11.6 Å². The maximum Gasteiger partial charge on any atom is 0.255 e. The summed E-state index contributed by atoms with van der Waals surface area (Å²) in [6, 6.07) is 15.2. The van der Waals surface area contributed by atoms with Crippen LogP contribution in [0.15, 0.2) is 42.5 Å². The summed E-state index contributed by atoms with van der Waals surface area (Å²) < 4.78 is 5.69. The molecule has 1 amide bonds. The van der Waals surface area contributed by atoms with Gasteiger partial charge in [-0.3, -0.25) is 9.69 Å². The SMILES string of the molecule is Cc1cccc(NC(=O)c2cccc(CN(C)CC3CCCO3)c2)c1C#N. The number of anilines is 1. The van der Waals surface area contributed by atoms with E-state index in [2.05, 4.69) is 23.3 Å². The molecule has 0 aliphatic carbocycles. The lowest BCUT2D eigenvalue weighted by molar-refractivity contribution is 0.0793. The molecule has 0 radical (unpaired) electrons. The van der Waals surface area contributed by atoms with Crippen LogP contribution in [0.25, 0.3) is 0 Å². The molecule has 5 heteroatoms. The number of nitrogens with one attached hydrogen (secondary N) is 1. The Morgan fingerprint density at radius 1 is 1.33 bits per heavy atom. The molecule has 1 N–H and O–H groups in total. The van der Waals surface area contributed by atoms with Gasteiger partial charge in [-0.1, -0.05) is 24.3 Å². The zero-order valence-corrected chi connectivity index (χ0v) is 15.9. The molecule has 2 aromatic rings. The standard InChI is InChI=1S/C22H25N3O2/c1-16-6-3-10-21(20(16)13-23)24-22(26)18-8-4-7-17(12-18)14-25(2)15-19-9-5-11-27-19/h3-4,6-8,10,12,19H,5,9,11,14-15H2,1-2H3,(H,24,26). The molecule has 27 heavy (non-hydrogen) atoms. The first kappa shape index (κ1) is 19.1. The Balaban J connectivity index is 1.67. The van der Waals surface area contributed by atoms with Crippen molar-refractivity contribution in [1.29, 1.82) is 5.26 Å². The molecule has 0 aromatic heterocycles. The fourth-order valence-electron chi connectivity index (χ4n) is 3.44. The maximum atomic E-state index is 12.7. The normalized spacial score (nSPS) is 16.3. The van der Waals surface area contributed by atoms with Crippen molar-refractivity contribution in [1.82, 2.24) is 4.90 Å². The van der Waals surface area contributed by atoms with Crippen LogP contribution in [0.2, 0.25) is 0 Å². The van der Waals surface area contributed by atoms with Crippen LogP contribution in [0.3, 0.4) is 0 Å². The predicted molar refractivity (Wildman–Crippen MR) is 106 cm³/mol. The van der Waals surface area contributed by atoms with E-state index in [-0.39, 0.29) is 5.91 Å². The first-order chi connectivity index (χ1) is 13.1. The van der Waals surface area contributed by atoms with Gasteiger partial charge in [0.2, 0.25) is 0 Å². The smallest absolute Gasteiger partial charge is 0.255 e. The minimum atomic E-state index is -0.208. The highest BCUT2D eigenvalue weighted by atomic mass is 16.5. The van der Waals surface area contributed by atoms with Gasteiger partial charge < -0.3 is 10.1 Å². The molecule has 1 aliphatic rings. The van der Waals surface area contributed by atoms with Gasteiger partial charge in [0, 0.05) is 25.3 Å². The van der Waals surface area contributed by atoms with Gasteiger partial charge in [0.15, 0.2) is 0 Å². The molecule has 1 aliphatic heterocycles. The number of aryl methyl sites for hydroxylation is 1. The van der Waals surface area contributed by atoms with Crippen molar-refractivity contribution in [3.63, 3.8) is 0 Å². The van der Waals surface area contributed by atoms with E-state index in [1.54, 1.807) is 12.1 Å². The Bertz CT molecular complexity index is 851. The zero-order chi connectivity index (χ0) is 19.2. The van der Waals surface area contributed by atoms with Crippen LogP contribution in [0.5, 0.6) is 0 Å². The number of hydrogen-bond donors (Lipinski definition) is 1. The minimum Gasteiger partial charge on any atom is -0.377 e. The molecular weight excluding hydrogens is 338 g/mol. The number of carbonyl (C=O) groups excluding carboxylic acids is 1. The van der Waals surface area contributed by atoms with E-state index >= 15 is 0 Å². The molecule has 1 unspecified atom stereocenters. The van der Waals surface area contributed by atoms with Crippen LogP contribution in [-0.2, 0) is 11.3 Å². The fraction of sp³-hybridized carbons (Fsp3) is 0.364. The summed E-state index contributed by atoms with van der Waals surface area (Å²) in [7, 11) is 2.07. The number of likely N-dealkylation sites (N-methyl/N-ethyl adjacent to an activating group) is 1. The van der Waals surface area contributed by atoms with Crippen LogP contribution in [0, 0.1) is 18.3 Å². The van der Waals surface area contributed by atoms with Gasteiger partial charge in [0.05, 0.1) is 17.4 Å². The first-order valence-electron chi connectivity index (χ1n) is 9.27. The third kappa shape index (κ3) is 4.94. The lowest BCUT2D eigenvalue weighted by atomic mass is 10.1. The van der Waals surface area contributed by atoms with E-state index in [1.165, 1.54) is 0 Å². The van der Waals surface area contributed by atoms with Crippen molar-refractivity contribution in [2.24, 2.45) is 0 Å². The van der Waals surface area contributed by atoms with Gasteiger partial charge in [0.1, 0.15) is 6.07 Å². The van der Waals surface area contributed by atoms with Crippen molar-refractivity contribution in [2.45, 2.75) is 32.4 Å². The van der Waals surface area contributed by atoms with Crippen LogP contribution >= 0.6 is 0 Å². The van der Waals surface area contributed by atoms with Crippen LogP contribution in [0.4, 0.5) is 5.69 Å². The number of nitrogens with zero attached hydrogens (tertiary/aromatic N) is 2. The largest absolute Gasteiger partial charge is 0.377 e. The molecular formula is C22H25N3O2. The first-order valence-corrected chi connectivity index (χ1v) is 9.27. The van der Waals surface area contributed by atoms with Crippen LogP contribution < -0.4 is 5.32 Å². The number of benzene rings is 2. The van der Waals surface area contributed by atoms with Gasteiger partial charge in [0.25, 0.3) is 5.91 Å². The number of carbonyl (C=O) groups is 1. The Morgan fingerprint density at radius 2 is 2.15 bits per heavy atom. The van der Waals surface area contributed by atoms with Gasteiger partial charge in [-0.25, -0.2) is 0 Å². The highest BCUT2D eigenvalue weighted by Gasteiger charge is 2.17. The summed E-state index contributed by atoms with van der Waals surface area (Å²) in [6.07, 6.45) is 2.56. The quantitative estimate of drug-likeness (QED) is 0.849. The third-order valence-corrected chi connectivity index (χ3v) is 4.81. The van der Waals surface area contributed by atoms with E-state index in [1.807, 2.05) is 37.3 Å². The van der Waals surface area contributed by atoms with E-state index in [9.17, 15) is 10.1 Å². The lowest BCUT2D eigenvalue weighted by Gasteiger charge is -2.20. The van der Waals surface area contributed by atoms with Crippen molar-refractivity contribution in [3.8, 4) is 6.07 Å². The van der Waals surface area contributed by atoms with Gasteiger partial charge in [-0.15, -0.1) is 0 Å². The summed E-state index contributed by atoms with van der Waals surface area (Å²) in [5, 5.41) is 12.2. The number of ether oxygens (including phenoxy) is 1. The maximum absolute atomic E-state index is 12.7. The lowest BCUT2D eigenvalue weighted by Crippen LogP contribution is -2.28. The van der Waals surface area contributed by atoms with Crippen molar-refractivity contribution in [2.75, 3.05) is 25.5 Å². The molecule has 0 bridgehead atoms. The second kappa shape index (κ2) is 8.81.